The van der Waals surface area contributed by atoms with Crippen molar-refractivity contribution in [2.45, 2.75) is 71.0 Å². The first-order valence-electron chi connectivity index (χ1n) is 15.5. The molecule has 4 rings (SSSR count). The molecule has 0 heterocycles. The highest BCUT2D eigenvalue weighted by molar-refractivity contribution is 7.90. The van der Waals surface area contributed by atoms with Crippen molar-refractivity contribution in [2.75, 3.05) is 32.1 Å². The van der Waals surface area contributed by atoms with E-state index in [1.165, 1.54) is 19.0 Å². The lowest BCUT2D eigenvalue weighted by Crippen LogP contribution is -2.55. The van der Waals surface area contributed by atoms with Crippen LogP contribution in [0.2, 0.25) is 0 Å². The van der Waals surface area contributed by atoms with Gasteiger partial charge < -0.3 is 15.0 Å². The van der Waals surface area contributed by atoms with E-state index in [-0.39, 0.29) is 24.9 Å². The molecular formula is C35H46N4O5S. The lowest BCUT2D eigenvalue weighted by atomic mass is 9.94. The normalized spacial score (nSPS) is 14.5. The van der Waals surface area contributed by atoms with Gasteiger partial charge in [-0.05, 0) is 67.1 Å². The van der Waals surface area contributed by atoms with E-state index < -0.39 is 28.7 Å². The fraction of sp³-hybridized carbons (Fsp3) is 0.429. The fourth-order valence-electron chi connectivity index (χ4n) is 5.76. The monoisotopic (exact) mass is 634 g/mol. The lowest BCUT2D eigenvalue weighted by molar-refractivity contribution is -0.140. The molecule has 1 saturated carbocycles. The molecule has 1 N–H and O–H groups in total. The van der Waals surface area contributed by atoms with Gasteiger partial charge in [-0.1, -0.05) is 73.9 Å². The van der Waals surface area contributed by atoms with E-state index in [1.807, 2.05) is 80.6 Å². The highest BCUT2D eigenvalue weighted by Crippen LogP contribution is 2.27. The molecule has 242 valence electrons. The van der Waals surface area contributed by atoms with Crippen molar-refractivity contribution in [1.29, 1.82) is 0 Å². The maximum atomic E-state index is 14.6. The largest absolute Gasteiger partial charge is 0.497 e. The van der Waals surface area contributed by atoms with Gasteiger partial charge in [-0.3, -0.25) is 9.59 Å². The highest BCUT2D eigenvalue weighted by Gasteiger charge is 2.36. The number of rotatable bonds is 13. The fourth-order valence-corrected chi connectivity index (χ4v) is 6.87. The zero-order valence-corrected chi connectivity index (χ0v) is 27.8. The number of ether oxygens (including phenoxy) is 1. The average molecular weight is 635 g/mol. The molecule has 0 aliphatic heterocycles. The molecule has 0 radical (unpaired) electrons. The summed E-state index contributed by atoms with van der Waals surface area (Å²) in [6, 6.07) is 21.6. The summed E-state index contributed by atoms with van der Waals surface area (Å²) in [6.45, 7) is 3.32. The van der Waals surface area contributed by atoms with Crippen LogP contribution in [0.3, 0.4) is 0 Å². The standard InChI is InChI=1S/C35H46N4O5S/c1-26-19-20-27(2)32(21-26)39(45(42,43)37(3)4)25-34(40)38(24-29-15-12-18-31(22-29)44-5)33(23-28-13-8-6-9-14-28)35(41)36-30-16-10-7-11-17-30/h6,8-9,12-15,18-22,30,33H,7,10-11,16-17,23-25H2,1-5H3,(H,36,41)/t33-/m0/s1. The third kappa shape index (κ3) is 8.85. The summed E-state index contributed by atoms with van der Waals surface area (Å²) < 4.78 is 35.2. The molecule has 2 amide bonds. The minimum atomic E-state index is -4.07. The maximum Gasteiger partial charge on any atom is 0.304 e. The number of benzene rings is 3. The van der Waals surface area contributed by atoms with Gasteiger partial charge >= 0.3 is 10.2 Å². The number of amides is 2. The van der Waals surface area contributed by atoms with Crippen LogP contribution in [0.25, 0.3) is 0 Å². The predicted molar refractivity (Wildman–Crippen MR) is 178 cm³/mol. The molecule has 1 atom stereocenters. The zero-order chi connectivity index (χ0) is 32.6. The summed E-state index contributed by atoms with van der Waals surface area (Å²) in [5, 5.41) is 3.24. The van der Waals surface area contributed by atoms with Crippen molar-refractivity contribution in [3.05, 3.63) is 95.1 Å². The Morgan fingerprint density at radius 1 is 0.911 bits per heavy atom. The topological polar surface area (TPSA) is 99.3 Å². The second kappa shape index (κ2) is 15.4. The Morgan fingerprint density at radius 2 is 1.60 bits per heavy atom. The van der Waals surface area contributed by atoms with Gasteiger partial charge in [0.2, 0.25) is 11.8 Å². The van der Waals surface area contributed by atoms with Crippen LogP contribution < -0.4 is 14.4 Å². The van der Waals surface area contributed by atoms with Crippen LogP contribution in [0.5, 0.6) is 5.75 Å². The van der Waals surface area contributed by atoms with E-state index in [2.05, 4.69) is 5.32 Å². The SMILES string of the molecule is COc1cccc(CN(C(=O)CN(c2cc(C)ccc2C)S(=O)(=O)N(C)C)[C@@H](Cc2ccccc2)C(=O)NC2CCCCC2)c1. The smallest absolute Gasteiger partial charge is 0.304 e. The molecule has 1 aliphatic carbocycles. The van der Waals surface area contributed by atoms with Gasteiger partial charge in [0.1, 0.15) is 18.3 Å². The second-order valence-electron chi connectivity index (χ2n) is 12.0. The number of carbonyl (C=O) groups is 2. The van der Waals surface area contributed by atoms with Crippen molar-refractivity contribution in [2.24, 2.45) is 0 Å². The van der Waals surface area contributed by atoms with Gasteiger partial charge in [-0.25, -0.2) is 4.31 Å². The molecule has 0 unspecified atom stereocenters. The molecule has 0 aromatic heterocycles. The summed E-state index contributed by atoms with van der Waals surface area (Å²) in [7, 11) is 0.396. The highest BCUT2D eigenvalue weighted by atomic mass is 32.2. The lowest BCUT2D eigenvalue weighted by Gasteiger charge is -2.36. The number of aryl methyl sites for hydroxylation is 2. The van der Waals surface area contributed by atoms with Crippen molar-refractivity contribution < 1.29 is 22.7 Å². The minimum absolute atomic E-state index is 0.0406. The molecule has 0 bridgehead atoms. The van der Waals surface area contributed by atoms with Crippen LogP contribution in [0.15, 0.2) is 72.8 Å². The Labute approximate surface area is 268 Å². The maximum absolute atomic E-state index is 14.6. The molecule has 45 heavy (non-hydrogen) atoms. The van der Waals surface area contributed by atoms with Crippen LogP contribution in [0, 0.1) is 13.8 Å². The number of nitrogens with zero attached hydrogens (tertiary/aromatic N) is 3. The third-order valence-corrected chi connectivity index (χ3v) is 10.2. The Morgan fingerprint density at radius 3 is 2.27 bits per heavy atom. The van der Waals surface area contributed by atoms with Crippen molar-refractivity contribution in [3.8, 4) is 5.75 Å². The van der Waals surface area contributed by atoms with E-state index in [0.717, 1.165) is 57.4 Å². The van der Waals surface area contributed by atoms with E-state index in [9.17, 15) is 18.0 Å². The summed E-state index contributed by atoms with van der Waals surface area (Å²) in [4.78, 5) is 30.3. The number of hydrogen-bond acceptors (Lipinski definition) is 5. The Hall–Kier alpha value is -3.89. The number of hydrogen-bond donors (Lipinski definition) is 1. The molecule has 10 heteroatoms. The number of anilines is 1. The van der Waals surface area contributed by atoms with Gasteiger partial charge in [0.15, 0.2) is 0 Å². The number of carbonyl (C=O) groups excluding carboxylic acids is 2. The van der Waals surface area contributed by atoms with E-state index in [0.29, 0.717) is 17.0 Å². The molecular weight excluding hydrogens is 588 g/mol. The van der Waals surface area contributed by atoms with Crippen LogP contribution in [-0.2, 0) is 32.8 Å². The zero-order valence-electron chi connectivity index (χ0n) is 27.0. The molecule has 3 aromatic carbocycles. The minimum Gasteiger partial charge on any atom is -0.497 e. The average Bonchev–Trinajstić information content (AvgIpc) is 3.03. The summed E-state index contributed by atoms with van der Waals surface area (Å²) >= 11 is 0. The van der Waals surface area contributed by atoms with Crippen LogP contribution in [-0.4, -0.2) is 69.3 Å². The molecule has 9 nitrogen and oxygen atoms in total. The van der Waals surface area contributed by atoms with Crippen molar-refractivity contribution in [3.63, 3.8) is 0 Å². The second-order valence-corrected chi connectivity index (χ2v) is 14.1. The van der Waals surface area contributed by atoms with Crippen molar-refractivity contribution >= 4 is 27.7 Å². The Bertz CT molecular complexity index is 1560. The van der Waals surface area contributed by atoms with Crippen LogP contribution in [0.1, 0.15) is 54.4 Å². The predicted octanol–water partition coefficient (Wildman–Crippen LogP) is 5.01. The van der Waals surface area contributed by atoms with Gasteiger partial charge in [0, 0.05) is 33.1 Å². The first-order chi connectivity index (χ1) is 21.5. The van der Waals surface area contributed by atoms with Gasteiger partial charge in [0.25, 0.3) is 0 Å². The summed E-state index contributed by atoms with van der Waals surface area (Å²) in [5.74, 6) is -0.0991. The number of methoxy groups -OCH3 is 1. The summed E-state index contributed by atoms with van der Waals surface area (Å²) in [6.07, 6.45) is 5.32. The third-order valence-electron chi connectivity index (χ3n) is 8.36. The Kier molecular flexibility index (Phi) is 11.6. The van der Waals surface area contributed by atoms with E-state index in [1.54, 1.807) is 13.2 Å². The van der Waals surface area contributed by atoms with Crippen LogP contribution in [0.4, 0.5) is 5.69 Å². The Balaban J connectivity index is 1.79. The quantitative estimate of drug-likeness (QED) is 0.285. The first-order valence-corrected chi connectivity index (χ1v) is 16.9. The molecule has 3 aromatic rings. The van der Waals surface area contributed by atoms with Gasteiger partial charge in [0.05, 0.1) is 12.8 Å². The van der Waals surface area contributed by atoms with E-state index >= 15 is 0 Å². The molecule has 0 saturated heterocycles. The van der Waals surface area contributed by atoms with E-state index in [4.69, 9.17) is 4.74 Å². The molecule has 1 aliphatic rings. The van der Waals surface area contributed by atoms with Gasteiger partial charge in [-0.2, -0.15) is 12.7 Å². The molecule has 0 spiro atoms. The van der Waals surface area contributed by atoms with Crippen LogP contribution >= 0.6 is 0 Å². The first kappa shape index (κ1) is 34.0. The van der Waals surface area contributed by atoms with Gasteiger partial charge in [-0.15, -0.1) is 0 Å². The number of nitrogens with one attached hydrogen (secondary N) is 1. The van der Waals surface area contributed by atoms with Crippen molar-refractivity contribution in [1.82, 2.24) is 14.5 Å². The molecule has 1 fully saturated rings. The summed E-state index contributed by atoms with van der Waals surface area (Å²) in [5.41, 5.74) is 3.67.